The van der Waals surface area contributed by atoms with Crippen LogP contribution in [0.3, 0.4) is 0 Å². The van der Waals surface area contributed by atoms with Gasteiger partial charge in [0, 0.05) is 5.57 Å². The summed E-state index contributed by atoms with van der Waals surface area (Å²) in [6, 6.07) is 0. The largest absolute Gasteiger partial charge is 0.462 e. The van der Waals surface area contributed by atoms with Crippen molar-refractivity contribution in [2.45, 2.75) is 26.2 Å². The van der Waals surface area contributed by atoms with Crippen molar-refractivity contribution >= 4 is 5.97 Å². The lowest BCUT2D eigenvalue weighted by molar-refractivity contribution is -0.242. The normalized spacial score (nSPS) is 9.69. The molecular formula is C9H16O4. The highest BCUT2D eigenvalue weighted by Crippen LogP contribution is 1.98. The summed E-state index contributed by atoms with van der Waals surface area (Å²) in [6.07, 6.45) is 2.41. The zero-order valence-electron chi connectivity index (χ0n) is 7.91. The van der Waals surface area contributed by atoms with Gasteiger partial charge in [-0.2, -0.15) is 0 Å². The first-order chi connectivity index (χ1) is 6.18. The molecule has 0 aliphatic rings. The Kier molecular flexibility index (Phi) is 7.24. The van der Waals surface area contributed by atoms with Gasteiger partial charge in [-0.1, -0.05) is 6.58 Å². The fraction of sp³-hybridized carbons (Fsp3) is 0.667. The van der Waals surface area contributed by atoms with Crippen LogP contribution in [0.15, 0.2) is 12.2 Å². The second-order valence-electron chi connectivity index (χ2n) is 2.81. The van der Waals surface area contributed by atoms with Gasteiger partial charge in [-0.25, -0.2) is 9.68 Å². The zero-order chi connectivity index (χ0) is 10.1. The number of carbonyl (C=O) groups is 1. The van der Waals surface area contributed by atoms with Gasteiger partial charge in [-0.05, 0) is 26.2 Å². The van der Waals surface area contributed by atoms with Gasteiger partial charge >= 0.3 is 5.97 Å². The third-order valence-electron chi connectivity index (χ3n) is 1.46. The molecule has 0 aromatic carbocycles. The summed E-state index contributed by atoms with van der Waals surface area (Å²) < 4.78 is 4.84. The van der Waals surface area contributed by atoms with Gasteiger partial charge in [0.05, 0.1) is 13.2 Å². The number of hydrogen-bond donors (Lipinski definition) is 1. The monoisotopic (exact) mass is 188 g/mol. The van der Waals surface area contributed by atoms with E-state index < -0.39 is 0 Å². The zero-order valence-corrected chi connectivity index (χ0v) is 7.91. The van der Waals surface area contributed by atoms with E-state index >= 15 is 0 Å². The maximum absolute atomic E-state index is 10.8. The lowest BCUT2D eigenvalue weighted by atomic mass is 10.2. The third-order valence-corrected chi connectivity index (χ3v) is 1.46. The fourth-order valence-corrected chi connectivity index (χ4v) is 0.734. The minimum absolute atomic E-state index is 0.328. The average molecular weight is 188 g/mol. The first kappa shape index (κ1) is 12.1. The topological polar surface area (TPSA) is 55.8 Å². The number of unbranched alkanes of at least 4 members (excludes halogenated alkanes) is 2. The summed E-state index contributed by atoms with van der Waals surface area (Å²) >= 11 is 0. The van der Waals surface area contributed by atoms with Gasteiger partial charge in [-0.3, -0.25) is 5.26 Å². The lowest BCUT2D eigenvalue weighted by Gasteiger charge is -2.03. The van der Waals surface area contributed by atoms with Crippen molar-refractivity contribution < 1.29 is 19.7 Å². The molecule has 0 amide bonds. The SMILES string of the molecule is C=C(C)C(=O)OCCCCCOO. The first-order valence-corrected chi connectivity index (χ1v) is 4.27. The fourth-order valence-electron chi connectivity index (χ4n) is 0.734. The molecule has 0 unspecified atom stereocenters. The van der Waals surface area contributed by atoms with Crippen LogP contribution in [0.1, 0.15) is 26.2 Å². The van der Waals surface area contributed by atoms with Crippen molar-refractivity contribution in [3.05, 3.63) is 12.2 Å². The van der Waals surface area contributed by atoms with Crippen LogP contribution in [-0.4, -0.2) is 24.4 Å². The third kappa shape index (κ3) is 7.49. The smallest absolute Gasteiger partial charge is 0.333 e. The number of hydrogen-bond acceptors (Lipinski definition) is 4. The predicted molar refractivity (Wildman–Crippen MR) is 48.2 cm³/mol. The Morgan fingerprint density at radius 2 is 1.92 bits per heavy atom. The molecule has 76 valence electrons. The molecule has 0 fully saturated rings. The van der Waals surface area contributed by atoms with E-state index in [-0.39, 0.29) is 5.97 Å². The standard InChI is InChI=1S/C9H16O4/c1-8(2)9(10)12-6-4-3-5-7-13-11/h11H,1,3-7H2,2H3. The molecule has 0 aromatic heterocycles. The Labute approximate surface area is 78.1 Å². The van der Waals surface area contributed by atoms with Crippen molar-refractivity contribution in [2.75, 3.05) is 13.2 Å². The van der Waals surface area contributed by atoms with E-state index in [2.05, 4.69) is 11.5 Å². The quantitative estimate of drug-likeness (QED) is 0.217. The van der Waals surface area contributed by atoms with Crippen LogP contribution in [0.5, 0.6) is 0 Å². The Bertz CT molecular complexity index is 165. The van der Waals surface area contributed by atoms with Crippen molar-refractivity contribution in [3.63, 3.8) is 0 Å². The van der Waals surface area contributed by atoms with E-state index in [1.165, 1.54) is 0 Å². The Morgan fingerprint density at radius 3 is 2.46 bits per heavy atom. The van der Waals surface area contributed by atoms with Gasteiger partial charge in [0.1, 0.15) is 0 Å². The summed E-state index contributed by atoms with van der Waals surface area (Å²) in [5.74, 6) is -0.349. The van der Waals surface area contributed by atoms with Crippen molar-refractivity contribution in [1.82, 2.24) is 0 Å². The van der Waals surface area contributed by atoms with Crippen LogP contribution < -0.4 is 0 Å². The number of rotatable bonds is 7. The van der Waals surface area contributed by atoms with Crippen LogP contribution in [0.4, 0.5) is 0 Å². The van der Waals surface area contributed by atoms with Crippen molar-refractivity contribution in [2.24, 2.45) is 0 Å². The van der Waals surface area contributed by atoms with Crippen LogP contribution in [-0.2, 0) is 14.4 Å². The van der Waals surface area contributed by atoms with E-state index in [0.717, 1.165) is 19.3 Å². The Hall–Kier alpha value is -0.870. The van der Waals surface area contributed by atoms with Crippen molar-refractivity contribution in [3.8, 4) is 0 Å². The maximum Gasteiger partial charge on any atom is 0.333 e. The predicted octanol–water partition coefficient (Wildman–Crippen LogP) is 1.77. The molecule has 0 aliphatic carbocycles. The number of ether oxygens (including phenoxy) is 1. The average Bonchev–Trinajstić information content (AvgIpc) is 2.10. The van der Waals surface area contributed by atoms with Gasteiger partial charge in [0.25, 0.3) is 0 Å². The van der Waals surface area contributed by atoms with Gasteiger partial charge in [0.2, 0.25) is 0 Å². The minimum Gasteiger partial charge on any atom is -0.462 e. The summed E-state index contributed by atoms with van der Waals surface area (Å²) in [7, 11) is 0. The second kappa shape index (κ2) is 7.76. The molecule has 0 bridgehead atoms. The van der Waals surface area contributed by atoms with Crippen molar-refractivity contribution in [1.29, 1.82) is 0 Å². The molecule has 0 aliphatic heterocycles. The molecule has 4 nitrogen and oxygen atoms in total. The molecule has 0 heterocycles. The summed E-state index contributed by atoms with van der Waals surface area (Å²) in [5.41, 5.74) is 0.415. The maximum atomic E-state index is 10.8. The molecule has 0 aromatic rings. The molecule has 0 saturated heterocycles. The van der Waals surface area contributed by atoms with Crippen LogP contribution in [0.25, 0.3) is 0 Å². The van der Waals surface area contributed by atoms with Gasteiger partial charge in [-0.15, -0.1) is 0 Å². The molecule has 0 rings (SSSR count). The van der Waals surface area contributed by atoms with Crippen LogP contribution in [0, 0.1) is 0 Å². The molecule has 4 heteroatoms. The van der Waals surface area contributed by atoms with Gasteiger partial charge in [0.15, 0.2) is 0 Å². The van der Waals surface area contributed by atoms with E-state index in [1.807, 2.05) is 0 Å². The molecule has 0 atom stereocenters. The lowest BCUT2D eigenvalue weighted by Crippen LogP contribution is -2.06. The summed E-state index contributed by atoms with van der Waals surface area (Å²) in [6.45, 7) is 5.80. The Balaban J connectivity index is 3.16. The van der Waals surface area contributed by atoms with E-state index in [0.29, 0.717) is 18.8 Å². The number of carbonyl (C=O) groups excluding carboxylic acids is 1. The van der Waals surface area contributed by atoms with E-state index in [9.17, 15) is 4.79 Å². The molecule has 1 N–H and O–H groups in total. The molecule has 0 saturated carbocycles. The summed E-state index contributed by atoms with van der Waals surface area (Å²) in [5, 5.41) is 7.99. The molecule has 0 spiro atoms. The van der Waals surface area contributed by atoms with E-state index in [1.54, 1.807) is 6.92 Å². The highest BCUT2D eigenvalue weighted by Gasteiger charge is 2.01. The van der Waals surface area contributed by atoms with Crippen LogP contribution >= 0.6 is 0 Å². The second-order valence-corrected chi connectivity index (χ2v) is 2.81. The number of esters is 1. The molecular weight excluding hydrogens is 172 g/mol. The minimum atomic E-state index is -0.349. The first-order valence-electron chi connectivity index (χ1n) is 4.27. The highest BCUT2D eigenvalue weighted by molar-refractivity contribution is 5.86. The molecule has 13 heavy (non-hydrogen) atoms. The van der Waals surface area contributed by atoms with Crippen LogP contribution in [0.2, 0.25) is 0 Å². The molecule has 0 radical (unpaired) electrons. The van der Waals surface area contributed by atoms with E-state index in [4.69, 9.17) is 9.99 Å². The highest BCUT2D eigenvalue weighted by atomic mass is 17.1. The summed E-state index contributed by atoms with van der Waals surface area (Å²) in [4.78, 5) is 14.7. The Morgan fingerprint density at radius 1 is 1.31 bits per heavy atom. The van der Waals surface area contributed by atoms with Gasteiger partial charge < -0.3 is 4.74 Å².